The van der Waals surface area contributed by atoms with E-state index in [1.54, 1.807) is 24.3 Å². The van der Waals surface area contributed by atoms with Gasteiger partial charge in [-0.15, -0.1) is 0 Å². The van der Waals surface area contributed by atoms with Crippen LogP contribution in [0.25, 0.3) is 10.8 Å². The van der Waals surface area contributed by atoms with Gasteiger partial charge in [-0.2, -0.15) is 5.10 Å². The number of nitrogens with zero attached hydrogens (tertiary/aromatic N) is 1. The molecule has 0 aliphatic heterocycles. The maximum absolute atomic E-state index is 13.4. The quantitative estimate of drug-likeness (QED) is 0.0304. The van der Waals surface area contributed by atoms with Gasteiger partial charge >= 0.3 is 0 Å². The van der Waals surface area contributed by atoms with Crippen molar-refractivity contribution in [1.82, 2.24) is 21.6 Å². The zero-order valence-corrected chi connectivity index (χ0v) is 31.0. The van der Waals surface area contributed by atoms with E-state index in [0.717, 1.165) is 22.0 Å². The molecule has 0 saturated heterocycles. The smallest absolute Gasteiger partial charge is 0.253 e. The number of nitrogens with one attached hydrogen (secondary N) is 6. The van der Waals surface area contributed by atoms with Crippen LogP contribution in [0.4, 0.5) is 11.4 Å². The lowest BCUT2D eigenvalue weighted by Gasteiger charge is -2.18. The Bertz CT molecular complexity index is 1880. The number of hydrazone groups is 1. The van der Waals surface area contributed by atoms with Crippen molar-refractivity contribution >= 4 is 107 Å². The summed E-state index contributed by atoms with van der Waals surface area (Å²) in [6.07, 6.45) is 1.23. The lowest BCUT2D eigenvalue weighted by atomic mass is 9.96. The third kappa shape index (κ3) is 11.3. The maximum Gasteiger partial charge on any atom is 0.253 e. The number of hydrogen-bond acceptors (Lipinski definition) is 9. The van der Waals surface area contributed by atoms with Crippen molar-refractivity contribution < 1.29 is 29.6 Å². The first-order chi connectivity index (χ1) is 24.0. The molecule has 17 heteroatoms. The van der Waals surface area contributed by atoms with E-state index < -0.39 is 17.7 Å². The highest BCUT2D eigenvalue weighted by Crippen LogP contribution is 2.40. The molecule has 0 saturated carbocycles. The summed E-state index contributed by atoms with van der Waals surface area (Å²) in [6.45, 7) is 1.11. The summed E-state index contributed by atoms with van der Waals surface area (Å²) in [5, 5.41) is 44.4. The Morgan fingerprint density at radius 1 is 0.840 bits per heavy atom. The number of rotatable bonds is 13. The van der Waals surface area contributed by atoms with Gasteiger partial charge in [-0.1, -0.05) is 42.5 Å². The third-order valence-electron chi connectivity index (χ3n) is 6.93. The molecule has 0 bridgehead atoms. The molecule has 50 heavy (non-hydrogen) atoms. The van der Waals surface area contributed by atoms with Gasteiger partial charge in [-0.3, -0.25) is 20.4 Å². The summed E-state index contributed by atoms with van der Waals surface area (Å²) in [6, 6.07) is 21.9. The zero-order valence-electron chi connectivity index (χ0n) is 26.2. The number of phenols is 2. The first-order valence-electron chi connectivity index (χ1n) is 15.0. The fraction of sp³-hybridized carbons (Fsp3) is 0.182. The van der Waals surface area contributed by atoms with Gasteiger partial charge in [0.05, 0.1) is 30.5 Å². The van der Waals surface area contributed by atoms with Crippen LogP contribution in [0.1, 0.15) is 11.1 Å². The lowest BCUT2D eigenvalue weighted by molar-refractivity contribution is -0.135. The number of hydrazine groups is 1. The number of aliphatic hydroxyl groups excluding tert-OH is 1. The number of benzene rings is 4. The number of fused-ring (bicyclic) bond motifs is 1. The molecule has 4 aromatic rings. The average Bonchev–Trinajstić information content (AvgIpc) is 3.11. The summed E-state index contributed by atoms with van der Waals surface area (Å²) < 4.78 is 5.53. The maximum atomic E-state index is 13.4. The standard InChI is InChI=1S/C33H33Br2N7O6S2/c34-26-17-22(28(44)27(35)29(26)45)18-37-40-30(46)25(16-19-5-6-20-3-1-2-4-21(20)15-19)31(47)41-42-33(50)39-24-9-7-23(8-10-24)38-32(49)36-11-13-48-14-12-43/h1-10,15,17-18,25,43-45H,11-14,16H2,(H,40,46)(H,41,47)(H2,36,38,49)(H2,39,42,50)/b37-18-. The second-order valence-electron chi connectivity index (χ2n) is 10.5. The van der Waals surface area contributed by atoms with E-state index in [9.17, 15) is 19.8 Å². The van der Waals surface area contributed by atoms with Crippen molar-refractivity contribution in [1.29, 1.82) is 0 Å². The van der Waals surface area contributed by atoms with Gasteiger partial charge in [0.1, 0.15) is 21.9 Å². The van der Waals surface area contributed by atoms with Crippen LogP contribution in [0.2, 0.25) is 0 Å². The Morgan fingerprint density at radius 3 is 2.22 bits per heavy atom. The molecule has 0 radical (unpaired) electrons. The van der Waals surface area contributed by atoms with Crippen molar-refractivity contribution in [3.8, 4) is 11.5 Å². The number of phenolic OH excluding ortho intramolecular Hbond substituents is 2. The molecule has 2 amide bonds. The number of carbonyl (C=O) groups excluding carboxylic acids is 2. The van der Waals surface area contributed by atoms with Gasteiger partial charge in [0.2, 0.25) is 0 Å². The van der Waals surface area contributed by atoms with Gasteiger partial charge in [-0.05, 0) is 109 Å². The summed E-state index contributed by atoms with van der Waals surface area (Å²) in [5.74, 6) is -3.11. The molecular formula is C33H33Br2N7O6S2. The number of amides is 2. The number of thiocarbonyl (C=S) groups is 2. The van der Waals surface area contributed by atoms with E-state index in [1.807, 2.05) is 42.5 Å². The number of aliphatic hydroxyl groups is 1. The summed E-state index contributed by atoms with van der Waals surface area (Å²) in [5.41, 5.74) is 9.79. The summed E-state index contributed by atoms with van der Waals surface area (Å²) in [4.78, 5) is 26.7. The second kappa shape index (κ2) is 19.1. The Labute approximate surface area is 315 Å². The molecule has 0 heterocycles. The van der Waals surface area contributed by atoms with Crippen LogP contribution in [-0.2, 0) is 20.7 Å². The molecule has 1 unspecified atom stereocenters. The largest absolute Gasteiger partial charge is 0.506 e. The van der Waals surface area contributed by atoms with E-state index in [0.29, 0.717) is 28.4 Å². The first kappa shape index (κ1) is 38.4. The van der Waals surface area contributed by atoms with Crippen molar-refractivity contribution in [3.05, 3.63) is 92.9 Å². The van der Waals surface area contributed by atoms with Crippen LogP contribution in [0.5, 0.6) is 11.5 Å². The van der Waals surface area contributed by atoms with Crippen molar-refractivity contribution in [2.24, 2.45) is 11.0 Å². The fourth-order valence-electron chi connectivity index (χ4n) is 4.45. The minimum absolute atomic E-state index is 0.0395. The molecule has 4 rings (SSSR count). The number of anilines is 2. The van der Waals surface area contributed by atoms with Crippen LogP contribution in [0.15, 0.2) is 86.8 Å². The Morgan fingerprint density at radius 2 is 1.52 bits per heavy atom. The highest BCUT2D eigenvalue weighted by atomic mass is 79.9. The number of carbonyl (C=O) groups is 2. The van der Waals surface area contributed by atoms with Crippen LogP contribution >= 0.6 is 56.3 Å². The van der Waals surface area contributed by atoms with Crippen molar-refractivity contribution in [2.45, 2.75) is 6.42 Å². The number of halogens is 2. The second-order valence-corrected chi connectivity index (χ2v) is 13.0. The van der Waals surface area contributed by atoms with Gasteiger partial charge in [-0.25, -0.2) is 5.43 Å². The van der Waals surface area contributed by atoms with Gasteiger partial charge in [0.25, 0.3) is 11.8 Å². The topological polar surface area (TPSA) is 189 Å². The highest BCUT2D eigenvalue weighted by molar-refractivity contribution is 9.11. The van der Waals surface area contributed by atoms with Crippen LogP contribution in [0.3, 0.4) is 0 Å². The number of aromatic hydroxyl groups is 2. The fourth-order valence-corrected chi connectivity index (χ4v) is 5.99. The molecule has 262 valence electrons. The molecule has 0 fully saturated rings. The molecule has 1 atom stereocenters. The molecule has 0 aliphatic rings. The Kier molecular flexibility index (Phi) is 14.7. The van der Waals surface area contributed by atoms with Crippen LogP contribution in [-0.4, -0.2) is 69.9 Å². The molecule has 0 spiro atoms. The van der Waals surface area contributed by atoms with Crippen LogP contribution in [0, 0.1) is 5.92 Å². The van der Waals surface area contributed by atoms with Gasteiger partial charge in [0.15, 0.2) is 10.2 Å². The average molecular weight is 848 g/mol. The van der Waals surface area contributed by atoms with Crippen LogP contribution < -0.4 is 32.2 Å². The molecule has 0 aromatic heterocycles. The monoisotopic (exact) mass is 845 g/mol. The predicted octanol–water partition coefficient (Wildman–Crippen LogP) is 4.40. The van der Waals surface area contributed by atoms with E-state index >= 15 is 0 Å². The Hall–Kier alpha value is -4.39. The predicted molar refractivity (Wildman–Crippen MR) is 208 cm³/mol. The molecule has 9 N–H and O–H groups in total. The van der Waals surface area contributed by atoms with Crippen molar-refractivity contribution in [3.63, 3.8) is 0 Å². The SMILES string of the molecule is O=C(N/N=C\c1cc(Br)c(O)c(Br)c1O)C(Cc1ccc2ccccc2c1)C(=O)NNC(=S)Nc1ccc(NC(=S)NCCOCCO)cc1. The molecule has 0 aliphatic carbocycles. The number of ether oxygens (including phenoxy) is 1. The van der Waals surface area contributed by atoms with Gasteiger partial charge < -0.3 is 36.0 Å². The molecular weight excluding hydrogens is 814 g/mol. The number of hydrogen-bond donors (Lipinski definition) is 9. The van der Waals surface area contributed by atoms with E-state index in [4.69, 9.17) is 34.3 Å². The minimum Gasteiger partial charge on any atom is -0.506 e. The van der Waals surface area contributed by atoms with Crippen molar-refractivity contribution in [2.75, 3.05) is 37.0 Å². The molecule has 13 nitrogen and oxygen atoms in total. The summed E-state index contributed by atoms with van der Waals surface area (Å²) >= 11 is 16.9. The zero-order chi connectivity index (χ0) is 36.0. The third-order valence-corrected chi connectivity index (χ3v) is 8.74. The van der Waals surface area contributed by atoms with E-state index in [2.05, 4.69) is 69.2 Å². The first-order valence-corrected chi connectivity index (χ1v) is 17.4. The minimum atomic E-state index is -1.24. The normalized spacial score (nSPS) is 11.5. The molecule has 4 aromatic carbocycles. The van der Waals surface area contributed by atoms with E-state index in [1.165, 1.54) is 12.3 Å². The Balaban J connectivity index is 1.37. The lowest BCUT2D eigenvalue weighted by Crippen LogP contribution is -2.49. The van der Waals surface area contributed by atoms with Gasteiger partial charge in [0, 0.05) is 23.5 Å². The summed E-state index contributed by atoms with van der Waals surface area (Å²) in [7, 11) is 0. The van der Waals surface area contributed by atoms with E-state index in [-0.39, 0.29) is 46.3 Å². The highest BCUT2D eigenvalue weighted by Gasteiger charge is 2.27.